The van der Waals surface area contributed by atoms with Gasteiger partial charge in [-0.2, -0.15) is 0 Å². The summed E-state index contributed by atoms with van der Waals surface area (Å²) in [4.78, 5) is 39.2. The summed E-state index contributed by atoms with van der Waals surface area (Å²) in [7, 11) is 0. The predicted octanol–water partition coefficient (Wildman–Crippen LogP) is 4.25. The molecule has 1 amide bonds. The third-order valence-electron chi connectivity index (χ3n) is 5.23. The van der Waals surface area contributed by atoms with Gasteiger partial charge >= 0.3 is 5.97 Å². The number of unbranched alkanes of at least 4 members (excludes halogenated alkanes) is 9. The molecule has 0 aliphatic heterocycles. The average Bonchev–Trinajstić information content (AvgIpc) is 2.72. The fourth-order valence-electron chi connectivity index (χ4n) is 3.54. The van der Waals surface area contributed by atoms with Crippen molar-refractivity contribution >= 4 is 17.8 Å². The van der Waals surface area contributed by atoms with Gasteiger partial charge in [-0.15, -0.1) is 0 Å². The van der Waals surface area contributed by atoms with Crippen molar-refractivity contribution in [1.82, 2.24) is 10.7 Å². The first kappa shape index (κ1) is 31.6. The van der Waals surface area contributed by atoms with Crippen molar-refractivity contribution in [3.8, 4) is 0 Å². The molecule has 198 valence electrons. The number of aliphatic imine (C=N–C) groups is 1. The highest BCUT2D eigenvalue weighted by atomic mass is 16.7. The number of nitro groups is 1. The molecule has 0 aromatic heterocycles. The summed E-state index contributed by atoms with van der Waals surface area (Å²) < 4.78 is 5.37. The summed E-state index contributed by atoms with van der Waals surface area (Å²) in [6, 6.07) is 0. The van der Waals surface area contributed by atoms with Crippen LogP contribution in [-0.4, -0.2) is 41.6 Å². The van der Waals surface area contributed by atoms with E-state index in [4.69, 9.17) is 10.5 Å². The number of rotatable bonds is 19. The fourth-order valence-corrected chi connectivity index (χ4v) is 3.54. The normalized spacial score (nSPS) is 12.8. The lowest BCUT2D eigenvalue weighted by Gasteiger charge is -2.22. The van der Waals surface area contributed by atoms with E-state index in [2.05, 4.69) is 17.2 Å². The lowest BCUT2D eigenvalue weighted by Crippen LogP contribution is -2.36. The summed E-state index contributed by atoms with van der Waals surface area (Å²) in [6.07, 6.45) is 13.1. The van der Waals surface area contributed by atoms with Crippen LogP contribution in [0.4, 0.5) is 0 Å². The fraction of sp³-hybridized carbons (Fsp3) is 0.875. The lowest BCUT2D eigenvalue weighted by molar-refractivity contribution is -0.525. The Balaban J connectivity index is 4.37. The minimum Gasteiger partial charge on any atom is -0.460 e. The van der Waals surface area contributed by atoms with Gasteiger partial charge in [-0.3, -0.25) is 9.59 Å². The van der Waals surface area contributed by atoms with Crippen molar-refractivity contribution < 1.29 is 19.4 Å². The topological polar surface area (TPSA) is 149 Å². The number of amides is 1. The van der Waals surface area contributed by atoms with Crippen molar-refractivity contribution in [1.29, 1.82) is 0 Å². The monoisotopic (exact) mass is 485 g/mol. The second-order valence-electron chi connectivity index (χ2n) is 9.74. The van der Waals surface area contributed by atoms with Crippen LogP contribution in [-0.2, 0) is 14.3 Å². The summed E-state index contributed by atoms with van der Waals surface area (Å²) in [5, 5.41) is 12.5. The van der Waals surface area contributed by atoms with Crippen LogP contribution in [0.2, 0.25) is 0 Å². The number of nitrogens with zero attached hydrogens (tertiary/aromatic N) is 2. The Kier molecular flexibility index (Phi) is 17.6. The van der Waals surface area contributed by atoms with Crippen LogP contribution in [0.15, 0.2) is 4.99 Å². The van der Waals surface area contributed by atoms with Crippen LogP contribution < -0.4 is 16.5 Å². The molecule has 0 aliphatic rings. The van der Waals surface area contributed by atoms with Crippen molar-refractivity contribution in [3.05, 3.63) is 10.1 Å². The Morgan fingerprint density at radius 1 is 1.00 bits per heavy atom. The number of hydrogen-bond acceptors (Lipinski definition) is 6. The highest BCUT2D eigenvalue weighted by Gasteiger charge is 2.25. The van der Waals surface area contributed by atoms with E-state index in [1.54, 1.807) is 26.2 Å². The van der Waals surface area contributed by atoms with Crippen LogP contribution >= 0.6 is 0 Å². The maximum absolute atomic E-state index is 12.7. The zero-order valence-corrected chi connectivity index (χ0v) is 21.7. The SMILES string of the molecule is CCCCCCCCCCCCNC(=O)[C@H](CCCN=C(N)N[N+](=O)[O-])CC(=O)OC(C)(C)C. The smallest absolute Gasteiger partial charge is 0.307 e. The minimum absolute atomic E-state index is 0.0204. The molecule has 0 fully saturated rings. The molecule has 0 unspecified atom stereocenters. The van der Waals surface area contributed by atoms with Gasteiger partial charge in [-0.05, 0) is 40.0 Å². The molecule has 34 heavy (non-hydrogen) atoms. The number of hydrogen-bond donors (Lipinski definition) is 3. The van der Waals surface area contributed by atoms with E-state index in [1.165, 1.54) is 51.4 Å². The zero-order chi connectivity index (χ0) is 25.8. The van der Waals surface area contributed by atoms with Crippen molar-refractivity contribution in [3.63, 3.8) is 0 Å². The summed E-state index contributed by atoms with van der Waals surface area (Å²) >= 11 is 0. The van der Waals surface area contributed by atoms with Crippen molar-refractivity contribution in [2.45, 2.75) is 117 Å². The van der Waals surface area contributed by atoms with Gasteiger partial charge in [0.15, 0.2) is 5.03 Å². The van der Waals surface area contributed by atoms with E-state index in [1.807, 2.05) is 0 Å². The number of nitrogens with two attached hydrogens (primary N) is 1. The molecule has 4 N–H and O–H groups in total. The van der Waals surface area contributed by atoms with Crippen LogP contribution in [0.5, 0.6) is 0 Å². The first-order chi connectivity index (χ1) is 16.0. The molecule has 0 bridgehead atoms. The number of carbonyl (C=O) groups excluding carboxylic acids is 2. The molecule has 0 rings (SSSR count). The molecular formula is C24H47N5O5. The molecule has 0 saturated carbocycles. The highest BCUT2D eigenvalue weighted by Crippen LogP contribution is 2.17. The number of hydrazine groups is 1. The molecule has 1 atom stereocenters. The predicted molar refractivity (Wildman–Crippen MR) is 135 cm³/mol. The van der Waals surface area contributed by atoms with Gasteiger partial charge in [0.25, 0.3) is 5.96 Å². The lowest BCUT2D eigenvalue weighted by atomic mass is 9.98. The second-order valence-corrected chi connectivity index (χ2v) is 9.74. The Bertz CT molecular complexity index is 619. The molecule has 0 aromatic rings. The van der Waals surface area contributed by atoms with Gasteiger partial charge < -0.3 is 15.8 Å². The van der Waals surface area contributed by atoms with E-state index >= 15 is 0 Å². The van der Waals surface area contributed by atoms with Crippen molar-refractivity contribution in [2.24, 2.45) is 16.6 Å². The Hall–Kier alpha value is -2.39. The third kappa shape index (κ3) is 20.2. The first-order valence-corrected chi connectivity index (χ1v) is 12.8. The number of nitrogens with one attached hydrogen (secondary N) is 2. The molecular weight excluding hydrogens is 438 g/mol. The summed E-state index contributed by atoms with van der Waals surface area (Å²) in [5.41, 5.74) is 6.54. The maximum atomic E-state index is 12.7. The molecule has 0 aromatic carbocycles. The number of guanidine groups is 1. The van der Waals surface area contributed by atoms with E-state index in [-0.39, 0.29) is 24.8 Å². The van der Waals surface area contributed by atoms with Gasteiger partial charge in [0.1, 0.15) is 5.60 Å². The molecule has 0 heterocycles. The molecule has 10 heteroatoms. The number of ether oxygens (including phenoxy) is 1. The van der Waals surface area contributed by atoms with Crippen LogP contribution in [0.3, 0.4) is 0 Å². The van der Waals surface area contributed by atoms with Crippen LogP contribution in [0.25, 0.3) is 0 Å². The molecule has 10 nitrogen and oxygen atoms in total. The summed E-state index contributed by atoms with van der Waals surface area (Å²) in [6.45, 7) is 8.37. The van der Waals surface area contributed by atoms with Gasteiger partial charge in [-0.1, -0.05) is 70.1 Å². The van der Waals surface area contributed by atoms with Crippen LogP contribution in [0, 0.1) is 16.0 Å². The Morgan fingerprint density at radius 2 is 1.56 bits per heavy atom. The van der Waals surface area contributed by atoms with E-state index in [0.29, 0.717) is 19.4 Å². The maximum Gasteiger partial charge on any atom is 0.307 e. The first-order valence-electron chi connectivity index (χ1n) is 12.8. The largest absolute Gasteiger partial charge is 0.460 e. The third-order valence-corrected chi connectivity index (χ3v) is 5.23. The van der Waals surface area contributed by atoms with Crippen molar-refractivity contribution in [2.75, 3.05) is 13.1 Å². The zero-order valence-electron chi connectivity index (χ0n) is 21.7. The quantitative estimate of drug-likeness (QED) is 0.0618. The molecule has 0 spiro atoms. The number of esters is 1. The number of carbonyl (C=O) groups is 2. The van der Waals surface area contributed by atoms with Gasteiger partial charge in [-0.25, -0.2) is 15.1 Å². The second kappa shape index (κ2) is 19.0. The molecule has 0 radical (unpaired) electrons. The van der Waals surface area contributed by atoms with E-state index < -0.39 is 22.5 Å². The van der Waals surface area contributed by atoms with Gasteiger partial charge in [0.2, 0.25) is 5.91 Å². The van der Waals surface area contributed by atoms with Gasteiger partial charge in [0, 0.05) is 19.0 Å². The molecule has 0 aliphatic carbocycles. The summed E-state index contributed by atoms with van der Waals surface area (Å²) in [5.74, 6) is -1.44. The Morgan fingerprint density at radius 3 is 2.09 bits per heavy atom. The average molecular weight is 486 g/mol. The standard InChI is InChI=1S/C24H47N5O5/c1-5-6-7-8-9-10-11-12-13-14-17-26-22(31)20(19-21(30)34-24(2,3)4)16-15-18-27-23(25)28-29(32)33/h20H,5-19H2,1-4H3,(H,26,31)(H3,25,27,28)/t20-/m1/s1. The Labute approximate surface area is 205 Å². The minimum atomic E-state index is -0.787. The molecule has 0 saturated heterocycles. The van der Waals surface area contributed by atoms with Gasteiger partial charge in [0.05, 0.1) is 6.42 Å². The van der Waals surface area contributed by atoms with E-state index in [0.717, 1.165) is 12.8 Å². The highest BCUT2D eigenvalue weighted by molar-refractivity contribution is 5.83. The van der Waals surface area contributed by atoms with Crippen LogP contribution in [0.1, 0.15) is 111 Å². The van der Waals surface area contributed by atoms with E-state index in [9.17, 15) is 19.7 Å².